The summed E-state index contributed by atoms with van der Waals surface area (Å²) in [5, 5.41) is 10.7. The molecule has 1 saturated heterocycles. The smallest absolute Gasteiger partial charge is 0.115 e. The van der Waals surface area contributed by atoms with Crippen LogP contribution in [-0.2, 0) is 0 Å². The van der Waals surface area contributed by atoms with Gasteiger partial charge < -0.3 is 5.11 Å². The van der Waals surface area contributed by atoms with Crippen LogP contribution in [0.2, 0.25) is 5.02 Å². The Morgan fingerprint density at radius 2 is 1.86 bits per heavy atom. The van der Waals surface area contributed by atoms with E-state index < -0.39 is 0 Å². The molecule has 2 aromatic rings. The average Bonchev–Trinajstić information content (AvgIpc) is 2.83. The van der Waals surface area contributed by atoms with E-state index in [2.05, 4.69) is 30.1 Å². The molecule has 1 N–H and O–H groups in total. The summed E-state index contributed by atoms with van der Waals surface area (Å²) in [7, 11) is 2.22. The fraction of sp³-hybridized carbons (Fsp3) is 0.368. The summed E-state index contributed by atoms with van der Waals surface area (Å²) in [6.07, 6.45) is 2.47. The van der Waals surface area contributed by atoms with E-state index in [1.165, 1.54) is 29.5 Å². The number of halogens is 1. The normalized spacial score (nSPS) is 27.5. The SMILES string of the molecule is CN1CCCC2C(c3ccc(Cl)cc3)c3cc(O)ccc3C21. The summed E-state index contributed by atoms with van der Waals surface area (Å²) in [5.41, 5.74) is 3.97. The molecule has 2 aromatic carbocycles. The Hall–Kier alpha value is -1.51. The van der Waals surface area contributed by atoms with Crippen LogP contribution in [0.5, 0.6) is 5.75 Å². The van der Waals surface area contributed by atoms with Gasteiger partial charge in [-0.1, -0.05) is 29.8 Å². The third kappa shape index (κ3) is 2.13. The molecule has 3 heteroatoms. The Bertz CT molecular complexity index is 697. The van der Waals surface area contributed by atoms with Gasteiger partial charge in [0.25, 0.3) is 0 Å². The summed E-state index contributed by atoms with van der Waals surface area (Å²) in [4.78, 5) is 2.47. The minimum Gasteiger partial charge on any atom is -0.508 e. The Balaban J connectivity index is 1.86. The Kier molecular flexibility index (Phi) is 3.39. The second kappa shape index (κ2) is 5.29. The summed E-state index contributed by atoms with van der Waals surface area (Å²) in [6, 6.07) is 14.6. The average molecular weight is 314 g/mol. The molecule has 4 rings (SSSR count). The quantitative estimate of drug-likeness (QED) is 0.833. The van der Waals surface area contributed by atoms with Gasteiger partial charge >= 0.3 is 0 Å². The first-order valence-electron chi connectivity index (χ1n) is 7.93. The number of likely N-dealkylation sites (tertiary alicyclic amines) is 1. The van der Waals surface area contributed by atoms with Crippen molar-refractivity contribution in [3.8, 4) is 5.75 Å². The lowest BCUT2D eigenvalue weighted by molar-refractivity contribution is 0.127. The van der Waals surface area contributed by atoms with Gasteiger partial charge in [0.15, 0.2) is 0 Å². The maximum Gasteiger partial charge on any atom is 0.115 e. The van der Waals surface area contributed by atoms with Gasteiger partial charge in [-0.2, -0.15) is 0 Å². The van der Waals surface area contributed by atoms with E-state index >= 15 is 0 Å². The number of hydrogen-bond acceptors (Lipinski definition) is 2. The number of nitrogens with zero attached hydrogens (tertiary/aromatic N) is 1. The second-order valence-electron chi connectivity index (χ2n) is 6.57. The molecule has 2 aliphatic rings. The Labute approximate surface area is 136 Å². The number of benzene rings is 2. The molecular formula is C19H20ClNO. The van der Waals surface area contributed by atoms with E-state index in [0.717, 1.165) is 11.6 Å². The zero-order valence-electron chi connectivity index (χ0n) is 12.7. The van der Waals surface area contributed by atoms with Gasteiger partial charge in [0, 0.05) is 17.0 Å². The van der Waals surface area contributed by atoms with Crippen LogP contribution in [0.3, 0.4) is 0 Å². The monoisotopic (exact) mass is 313 g/mol. The maximum absolute atomic E-state index is 9.97. The molecule has 1 aliphatic heterocycles. The molecule has 0 spiro atoms. The van der Waals surface area contributed by atoms with E-state index in [9.17, 15) is 5.11 Å². The highest BCUT2D eigenvalue weighted by Gasteiger charge is 2.44. The van der Waals surface area contributed by atoms with Crippen molar-refractivity contribution in [2.24, 2.45) is 5.92 Å². The van der Waals surface area contributed by atoms with Crippen LogP contribution >= 0.6 is 11.6 Å². The Morgan fingerprint density at radius 1 is 1.09 bits per heavy atom. The maximum atomic E-state index is 9.97. The molecule has 0 radical (unpaired) electrons. The topological polar surface area (TPSA) is 23.5 Å². The minimum atomic E-state index is 0.354. The van der Waals surface area contributed by atoms with Gasteiger partial charge in [-0.05, 0) is 73.3 Å². The van der Waals surface area contributed by atoms with Gasteiger partial charge in [0.2, 0.25) is 0 Å². The third-order valence-electron chi connectivity index (χ3n) is 5.31. The van der Waals surface area contributed by atoms with Crippen LogP contribution in [0.15, 0.2) is 42.5 Å². The molecule has 1 fully saturated rings. The largest absolute Gasteiger partial charge is 0.508 e. The van der Waals surface area contributed by atoms with Gasteiger partial charge in [-0.3, -0.25) is 4.90 Å². The highest BCUT2D eigenvalue weighted by atomic mass is 35.5. The van der Waals surface area contributed by atoms with Crippen LogP contribution in [-0.4, -0.2) is 23.6 Å². The number of phenolic OH excluding ortho intramolecular Hbond substituents is 1. The molecular weight excluding hydrogens is 294 g/mol. The number of hydrogen-bond donors (Lipinski definition) is 1. The predicted octanol–water partition coefficient (Wildman–Crippen LogP) is 4.57. The molecule has 1 heterocycles. The summed E-state index contributed by atoms with van der Waals surface area (Å²) < 4.78 is 0. The molecule has 1 aliphatic carbocycles. The lowest BCUT2D eigenvalue weighted by Gasteiger charge is -2.37. The molecule has 0 bridgehead atoms. The van der Waals surface area contributed by atoms with E-state index in [1.807, 2.05) is 24.3 Å². The highest BCUT2D eigenvalue weighted by Crippen LogP contribution is 2.54. The van der Waals surface area contributed by atoms with Crippen molar-refractivity contribution in [3.63, 3.8) is 0 Å². The van der Waals surface area contributed by atoms with Crippen molar-refractivity contribution in [2.45, 2.75) is 24.8 Å². The van der Waals surface area contributed by atoms with Crippen molar-refractivity contribution in [1.29, 1.82) is 0 Å². The predicted molar refractivity (Wildman–Crippen MR) is 89.5 cm³/mol. The zero-order valence-corrected chi connectivity index (χ0v) is 13.4. The number of piperidine rings is 1. The summed E-state index contributed by atoms with van der Waals surface area (Å²) in [6.45, 7) is 1.15. The second-order valence-corrected chi connectivity index (χ2v) is 7.01. The highest BCUT2D eigenvalue weighted by molar-refractivity contribution is 6.30. The van der Waals surface area contributed by atoms with Gasteiger partial charge in [-0.25, -0.2) is 0 Å². The van der Waals surface area contributed by atoms with E-state index in [-0.39, 0.29) is 0 Å². The first-order valence-corrected chi connectivity index (χ1v) is 8.31. The standard InChI is InChI=1S/C19H20ClNO/c1-21-10-2-3-16-18(12-4-6-13(20)7-5-12)17-11-14(22)8-9-15(17)19(16)21/h4-9,11,16,18-19,22H,2-3,10H2,1H3. The molecule has 0 saturated carbocycles. The van der Waals surface area contributed by atoms with Crippen molar-refractivity contribution in [3.05, 3.63) is 64.2 Å². The van der Waals surface area contributed by atoms with Gasteiger partial charge in [0.1, 0.15) is 5.75 Å². The zero-order chi connectivity index (χ0) is 15.3. The lowest BCUT2D eigenvalue weighted by atomic mass is 9.80. The minimum absolute atomic E-state index is 0.354. The molecule has 3 unspecified atom stereocenters. The summed E-state index contributed by atoms with van der Waals surface area (Å²) in [5.74, 6) is 1.29. The summed E-state index contributed by atoms with van der Waals surface area (Å²) >= 11 is 6.06. The van der Waals surface area contributed by atoms with Crippen molar-refractivity contribution >= 4 is 11.6 Å². The Morgan fingerprint density at radius 3 is 2.64 bits per heavy atom. The van der Waals surface area contributed by atoms with Gasteiger partial charge in [0.05, 0.1) is 0 Å². The molecule has 114 valence electrons. The van der Waals surface area contributed by atoms with E-state index in [4.69, 9.17) is 11.6 Å². The molecule has 0 amide bonds. The van der Waals surface area contributed by atoms with Crippen LogP contribution in [0.4, 0.5) is 0 Å². The number of fused-ring (bicyclic) bond motifs is 3. The van der Waals surface area contributed by atoms with E-state index in [0.29, 0.717) is 23.6 Å². The molecule has 2 nitrogen and oxygen atoms in total. The first kappa shape index (κ1) is 14.1. The number of phenols is 1. The lowest BCUT2D eigenvalue weighted by Crippen LogP contribution is -2.34. The van der Waals surface area contributed by atoms with Crippen LogP contribution in [0.25, 0.3) is 0 Å². The van der Waals surface area contributed by atoms with Crippen molar-refractivity contribution in [2.75, 3.05) is 13.6 Å². The van der Waals surface area contributed by atoms with Crippen LogP contribution in [0.1, 0.15) is 41.5 Å². The van der Waals surface area contributed by atoms with Crippen molar-refractivity contribution < 1.29 is 5.11 Å². The molecule has 0 aromatic heterocycles. The third-order valence-corrected chi connectivity index (χ3v) is 5.56. The number of aromatic hydroxyl groups is 1. The van der Waals surface area contributed by atoms with E-state index in [1.54, 1.807) is 0 Å². The molecule has 3 atom stereocenters. The van der Waals surface area contributed by atoms with Crippen LogP contribution in [0, 0.1) is 5.92 Å². The molecule has 22 heavy (non-hydrogen) atoms. The fourth-order valence-corrected chi connectivity index (χ4v) is 4.57. The van der Waals surface area contributed by atoms with Gasteiger partial charge in [-0.15, -0.1) is 0 Å². The number of rotatable bonds is 1. The fourth-order valence-electron chi connectivity index (χ4n) is 4.45. The van der Waals surface area contributed by atoms with Crippen LogP contribution < -0.4 is 0 Å². The first-order chi connectivity index (χ1) is 10.6. The van der Waals surface area contributed by atoms with Crippen molar-refractivity contribution in [1.82, 2.24) is 4.90 Å².